The van der Waals surface area contributed by atoms with Crippen LogP contribution < -0.4 is 10.1 Å². The fourth-order valence-electron chi connectivity index (χ4n) is 2.03. The summed E-state index contributed by atoms with van der Waals surface area (Å²) >= 11 is 2.18. The van der Waals surface area contributed by atoms with E-state index < -0.39 is 0 Å². The van der Waals surface area contributed by atoms with Crippen LogP contribution in [0.1, 0.15) is 22.3 Å². The molecule has 0 atom stereocenters. The molecule has 2 rings (SSSR count). The van der Waals surface area contributed by atoms with Crippen molar-refractivity contribution in [3.63, 3.8) is 0 Å². The molecule has 0 aliphatic rings. The maximum atomic E-state index is 12.0. The number of rotatable bonds is 6. The molecule has 2 aromatic carbocycles. The van der Waals surface area contributed by atoms with Gasteiger partial charge in [-0.2, -0.15) is 0 Å². The Bertz CT molecular complexity index is 596. The van der Waals surface area contributed by atoms with Crippen LogP contribution in [0.3, 0.4) is 0 Å². The van der Waals surface area contributed by atoms with Crippen LogP contribution in [0.2, 0.25) is 0 Å². The lowest BCUT2D eigenvalue weighted by molar-refractivity contribution is 0.0952. The maximum absolute atomic E-state index is 12.0. The van der Waals surface area contributed by atoms with E-state index in [1.807, 2.05) is 36.4 Å². The number of carbonyl (C=O) groups is 1. The molecule has 0 aliphatic carbocycles. The first kappa shape index (κ1) is 15.8. The van der Waals surface area contributed by atoms with Crippen LogP contribution in [0.25, 0.3) is 0 Å². The van der Waals surface area contributed by atoms with E-state index in [0.717, 1.165) is 27.7 Å². The van der Waals surface area contributed by atoms with Crippen LogP contribution >= 0.6 is 22.6 Å². The van der Waals surface area contributed by atoms with Gasteiger partial charge in [-0.25, -0.2) is 0 Å². The molecule has 1 amide bonds. The second-order valence-electron chi connectivity index (χ2n) is 4.69. The second kappa shape index (κ2) is 8.02. The number of aryl methyl sites for hydroxylation is 1. The van der Waals surface area contributed by atoms with Gasteiger partial charge in [0.25, 0.3) is 5.91 Å². The lowest BCUT2D eigenvalue weighted by atomic mass is 10.1. The minimum absolute atomic E-state index is 0.00488. The van der Waals surface area contributed by atoms with Gasteiger partial charge in [0, 0.05) is 10.1 Å². The molecule has 110 valence electrons. The first-order valence-corrected chi connectivity index (χ1v) is 7.94. The van der Waals surface area contributed by atoms with Crippen molar-refractivity contribution in [3.8, 4) is 5.75 Å². The predicted molar refractivity (Wildman–Crippen MR) is 92.8 cm³/mol. The molecule has 0 saturated heterocycles. The van der Waals surface area contributed by atoms with E-state index in [4.69, 9.17) is 4.74 Å². The molecule has 0 fully saturated rings. The van der Waals surface area contributed by atoms with Gasteiger partial charge in [0.15, 0.2) is 0 Å². The molecule has 2 aromatic rings. The topological polar surface area (TPSA) is 38.3 Å². The highest BCUT2D eigenvalue weighted by Crippen LogP contribution is 2.13. The molecule has 3 nitrogen and oxygen atoms in total. The minimum Gasteiger partial charge on any atom is -0.497 e. The largest absolute Gasteiger partial charge is 0.497 e. The third kappa shape index (κ3) is 4.74. The van der Waals surface area contributed by atoms with Gasteiger partial charge in [0.1, 0.15) is 5.75 Å². The first-order chi connectivity index (χ1) is 10.2. The zero-order valence-corrected chi connectivity index (χ0v) is 14.1. The van der Waals surface area contributed by atoms with Crippen molar-refractivity contribution in [2.75, 3.05) is 13.7 Å². The number of halogens is 1. The van der Waals surface area contributed by atoms with E-state index >= 15 is 0 Å². The third-order valence-electron chi connectivity index (χ3n) is 3.21. The fourth-order valence-corrected chi connectivity index (χ4v) is 2.66. The number of amides is 1. The summed E-state index contributed by atoms with van der Waals surface area (Å²) in [6.45, 7) is 0.676. The van der Waals surface area contributed by atoms with Gasteiger partial charge in [0.2, 0.25) is 0 Å². The van der Waals surface area contributed by atoms with Crippen molar-refractivity contribution < 1.29 is 9.53 Å². The average molecular weight is 395 g/mol. The van der Waals surface area contributed by atoms with Gasteiger partial charge in [-0.1, -0.05) is 24.3 Å². The quantitative estimate of drug-likeness (QED) is 0.599. The lowest BCUT2D eigenvalue weighted by Gasteiger charge is -2.07. The molecular weight excluding hydrogens is 377 g/mol. The normalized spacial score (nSPS) is 10.2. The van der Waals surface area contributed by atoms with Gasteiger partial charge in [-0.15, -0.1) is 0 Å². The fraction of sp³-hybridized carbons (Fsp3) is 0.235. The summed E-state index contributed by atoms with van der Waals surface area (Å²) in [6, 6.07) is 15.6. The molecule has 1 N–H and O–H groups in total. The molecule has 0 unspecified atom stereocenters. The van der Waals surface area contributed by atoms with Crippen LogP contribution in [0.15, 0.2) is 48.5 Å². The maximum Gasteiger partial charge on any atom is 0.252 e. The predicted octanol–water partition coefficient (Wildman–Crippen LogP) is 3.66. The minimum atomic E-state index is -0.00488. The van der Waals surface area contributed by atoms with Crippen molar-refractivity contribution in [3.05, 3.63) is 63.2 Å². The number of methoxy groups -OCH3 is 1. The molecule has 0 saturated carbocycles. The standard InChI is InChI=1S/C17H18INO2/c1-21-14-10-8-13(9-11-14)5-4-12-19-17(20)15-6-2-3-7-16(15)18/h2-3,6-11H,4-5,12H2,1H3,(H,19,20). The van der Waals surface area contributed by atoms with Gasteiger partial charge in [-0.3, -0.25) is 4.79 Å². The third-order valence-corrected chi connectivity index (χ3v) is 4.15. The Balaban J connectivity index is 1.76. The Morgan fingerprint density at radius 1 is 1.14 bits per heavy atom. The van der Waals surface area contributed by atoms with Crippen molar-refractivity contribution in [1.29, 1.82) is 0 Å². The summed E-state index contributed by atoms with van der Waals surface area (Å²) in [5, 5.41) is 2.96. The molecule has 0 radical (unpaired) electrons. The van der Waals surface area contributed by atoms with Crippen LogP contribution in [0.5, 0.6) is 5.75 Å². The molecule has 0 heterocycles. The van der Waals surface area contributed by atoms with Crippen LogP contribution in [0.4, 0.5) is 0 Å². The van der Waals surface area contributed by atoms with E-state index in [1.165, 1.54) is 5.56 Å². The van der Waals surface area contributed by atoms with Gasteiger partial charge in [-0.05, 0) is 65.3 Å². The van der Waals surface area contributed by atoms with Gasteiger partial charge in [0.05, 0.1) is 12.7 Å². The number of ether oxygens (including phenoxy) is 1. The smallest absolute Gasteiger partial charge is 0.252 e. The Morgan fingerprint density at radius 3 is 2.52 bits per heavy atom. The van der Waals surface area contributed by atoms with E-state index in [9.17, 15) is 4.79 Å². The lowest BCUT2D eigenvalue weighted by Crippen LogP contribution is -2.25. The molecule has 21 heavy (non-hydrogen) atoms. The second-order valence-corrected chi connectivity index (χ2v) is 5.85. The number of hydrogen-bond acceptors (Lipinski definition) is 2. The molecule has 0 aromatic heterocycles. The molecule has 0 aliphatic heterocycles. The summed E-state index contributed by atoms with van der Waals surface area (Å²) < 4.78 is 6.10. The summed E-state index contributed by atoms with van der Waals surface area (Å²) in [5.74, 6) is 0.862. The molecule has 4 heteroatoms. The number of hydrogen-bond donors (Lipinski definition) is 1. The van der Waals surface area contributed by atoms with Crippen molar-refractivity contribution in [1.82, 2.24) is 5.32 Å². The Labute approximate surface area is 138 Å². The highest BCUT2D eigenvalue weighted by molar-refractivity contribution is 14.1. The monoisotopic (exact) mass is 395 g/mol. The highest BCUT2D eigenvalue weighted by atomic mass is 127. The van der Waals surface area contributed by atoms with Gasteiger partial charge >= 0.3 is 0 Å². The summed E-state index contributed by atoms with van der Waals surface area (Å²) in [4.78, 5) is 12.0. The molecular formula is C17H18INO2. The number of carbonyl (C=O) groups excluding carboxylic acids is 1. The van der Waals surface area contributed by atoms with Crippen LogP contribution in [-0.4, -0.2) is 19.6 Å². The SMILES string of the molecule is COc1ccc(CCCNC(=O)c2ccccc2I)cc1. The van der Waals surface area contributed by atoms with Crippen molar-refractivity contribution in [2.24, 2.45) is 0 Å². The number of benzene rings is 2. The van der Waals surface area contributed by atoms with Crippen molar-refractivity contribution in [2.45, 2.75) is 12.8 Å². The van der Waals surface area contributed by atoms with Crippen LogP contribution in [0, 0.1) is 3.57 Å². The van der Waals surface area contributed by atoms with Gasteiger partial charge < -0.3 is 10.1 Å². The van der Waals surface area contributed by atoms with E-state index in [1.54, 1.807) is 7.11 Å². The van der Waals surface area contributed by atoms with E-state index in [-0.39, 0.29) is 5.91 Å². The summed E-state index contributed by atoms with van der Waals surface area (Å²) in [6.07, 6.45) is 1.86. The Morgan fingerprint density at radius 2 is 1.86 bits per heavy atom. The summed E-state index contributed by atoms with van der Waals surface area (Å²) in [7, 11) is 1.66. The molecule has 0 bridgehead atoms. The Hall–Kier alpha value is -1.56. The van der Waals surface area contributed by atoms with Crippen LogP contribution in [-0.2, 0) is 6.42 Å². The first-order valence-electron chi connectivity index (χ1n) is 6.86. The molecule has 0 spiro atoms. The average Bonchev–Trinajstić information content (AvgIpc) is 2.52. The van der Waals surface area contributed by atoms with E-state index in [0.29, 0.717) is 6.54 Å². The van der Waals surface area contributed by atoms with Crippen molar-refractivity contribution >= 4 is 28.5 Å². The van der Waals surface area contributed by atoms with E-state index in [2.05, 4.69) is 40.0 Å². The Kier molecular flexibility index (Phi) is 6.04. The zero-order chi connectivity index (χ0) is 15.1. The number of nitrogens with one attached hydrogen (secondary N) is 1. The highest BCUT2D eigenvalue weighted by Gasteiger charge is 2.07. The zero-order valence-electron chi connectivity index (χ0n) is 11.9. The summed E-state index contributed by atoms with van der Waals surface area (Å²) in [5.41, 5.74) is 1.99.